The summed E-state index contributed by atoms with van der Waals surface area (Å²) in [5.74, 6) is -0.0338. The average Bonchev–Trinajstić information content (AvgIpc) is 2.92. The highest BCUT2D eigenvalue weighted by molar-refractivity contribution is 5.92. The van der Waals surface area contributed by atoms with Crippen LogP contribution in [0.2, 0.25) is 0 Å². The van der Waals surface area contributed by atoms with Crippen molar-refractivity contribution in [3.8, 4) is 0 Å². The summed E-state index contributed by atoms with van der Waals surface area (Å²) in [6.07, 6.45) is 3.76. The van der Waals surface area contributed by atoms with E-state index in [2.05, 4.69) is 11.4 Å². The lowest BCUT2D eigenvalue weighted by molar-refractivity contribution is -0.125. The predicted molar refractivity (Wildman–Crippen MR) is 99.3 cm³/mol. The fourth-order valence-electron chi connectivity index (χ4n) is 2.83. The fourth-order valence-corrected chi connectivity index (χ4v) is 2.83. The Kier molecular flexibility index (Phi) is 5.88. The Hall–Kier alpha value is -2.30. The van der Waals surface area contributed by atoms with E-state index in [-0.39, 0.29) is 11.9 Å². The largest absolute Gasteiger partial charge is 0.444 e. The molecule has 5 nitrogen and oxygen atoms in total. The summed E-state index contributed by atoms with van der Waals surface area (Å²) < 4.78 is 5.26. The van der Waals surface area contributed by atoms with Gasteiger partial charge in [-0.05, 0) is 58.2 Å². The molecule has 1 aliphatic heterocycles. The summed E-state index contributed by atoms with van der Waals surface area (Å²) in [5.41, 5.74) is 2.88. The minimum Gasteiger partial charge on any atom is -0.444 e. The van der Waals surface area contributed by atoms with Crippen molar-refractivity contribution < 1.29 is 14.3 Å². The summed E-state index contributed by atoms with van der Waals surface area (Å²) in [6.45, 7) is 10.7. The van der Waals surface area contributed by atoms with Crippen LogP contribution < -0.4 is 5.32 Å². The van der Waals surface area contributed by atoms with Crippen molar-refractivity contribution in [3.05, 3.63) is 41.0 Å². The minimum atomic E-state index is -0.521. The molecule has 1 aromatic carbocycles. The SMILES string of the molecule is Cc1ccc(/C=C/C(=O)N2CCC(NC(=O)OC(C)(C)C)C2)c(C)c1. The third-order valence-electron chi connectivity index (χ3n) is 4.05. The second kappa shape index (κ2) is 7.72. The summed E-state index contributed by atoms with van der Waals surface area (Å²) in [6, 6.07) is 6.09. The molecule has 2 rings (SSSR count). The van der Waals surface area contributed by atoms with Gasteiger partial charge in [-0.25, -0.2) is 4.79 Å². The topological polar surface area (TPSA) is 58.6 Å². The van der Waals surface area contributed by atoms with Crippen molar-refractivity contribution in [3.63, 3.8) is 0 Å². The van der Waals surface area contributed by atoms with Crippen LogP contribution in [0, 0.1) is 13.8 Å². The first kappa shape index (κ1) is 19.0. The molecule has 1 aliphatic rings. The fraction of sp³-hybridized carbons (Fsp3) is 0.500. The van der Waals surface area contributed by atoms with Crippen LogP contribution in [0.4, 0.5) is 4.79 Å². The Bertz CT molecular complexity index is 674. The third kappa shape index (κ3) is 5.93. The number of rotatable bonds is 3. The molecular formula is C20H28N2O3. The third-order valence-corrected chi connectivity index (χ3v) is 4.05. The monoisotopic (exact) mass is 344 g/mol. The lowest BCUT2D eigenvalue weighted by atomic mass is 10.1. The van der Waals surface area contributed by atoms with Gasteiger partial charge >= 0.3 is 6.09 Å². The zero-order valence-electron chi connectivity index (χ0n) is 15.8. The van der Waals surface area contributed by atoms with E-state index in [9.17, 15) is 9.59 Å². The molecule has 1 heterocycles. The van der Waals surface area contributed by atoms with Gasteiger partial charge in [-0.15, -0.1) is 0 Å². The highest BCUT2D eigenvalue weighted by atomic mass is 16.6. The maximum Gasteiger partial charge on any atom is 0.407 e. The molecule has 0 spiro atoms. The van der Waals surface area contributed by atoms with Crippen LogP contribution in [0.1, 0.15) is 43.9 Å². The lowest BCUT2D eigenvalue weighted by Gasteiger charge is -2.21. The molecule has 0 aromatic heterocycles. The molecule has 0 bridgehead atoms. The van der Waals surface area contributed by atoms with Gasteiger partial charge in [0.1, 0.15) is 5.60 Å². The van der Waals surface area contributed by atoms with E-state index in [1.54, 1.807) is 11.0 Å². The van der Waals surface area contributed by atoms with Gasteiger partial charge in [-0.3, -0.25) is 4.79 Å². The Labute approximate surface area is 150 Å². The highest BCUT2D eigenvalue weighted by Crippen LogP contribution is 2.15. The van der Waals surface area contributed by atoms with Gasteiger partial charge in [-0.2, -0.15) is 0 Å². The molecule has 1 fully saturated rings. The minimum absolute atomic E-state index is 0.0338. The molecule has 0 aliphatic carbocycles. The smallest absolute Gasteiger partial charge is 0.407 e. The van der Waals surface area contributed by atoms with Crippen molar-refractivity contribution in [1.29, 1.82) is 0 Å². The number of aryl methyl sites for hydroxylation is 2. The van der Waals surface area contributed by atoms with E-state index in [1.807, 2.05) is 52.8 Å². The number of nitrogens with one attached hydrogen (secondary N) is 1. The lowest BCUT2D eigenvalue weighted by Crippen LogP contribution is -2.41. The van der Waals surface area contributed by atoms with E-state index < -0.39 is 11.7 Å². The first-order valence-electron chi connectivity index (χ1n) is 8.68. The summed E-state index contributed by atoms with van der Waals surface area (Å²) >= 11 is 0. The van der Waals surface area contributed by atoms with E-state index in [0.29, 0.717) is 13.1 Å². The molecule has 1 saturated heterocycles. The first-order valence-corrected chi connectivity index (χ1v) is 8.68. The molecule has 0 radical (unpaired) electrons. The highest BCUT2D eigenvalue weighted by Gasteiger charge is 2.27. The summed E-state index contributed by atoms with van der Waals surface area (Å²) in [5, 5.41) is 2.83. The maximum atomic E-state index is 12.4. The first-order chi connectivity index (χ1) is 11.6. The Balaban J connectivity index is 1.87. The van der Waals surface area contributed by atoms with Crippen molar-refractivity contribution in [2.24, 2.45) is 0 Å². The van der Waals surface area contributed by atoms with Crippen LogP contribution in [-0.4, -0.2) is 41.6 Å². The zero-order chi connectivity index (χ0) is 18.6. The van der Waals surface area contributed by atoms with Crippen LogP contribution in [0.25, 0.3) is 6.08 Å². The van der Waals surface area contributed by atoms with Gasteiger partial charge in [0, 0.05) is 19.2 Å². The van der Waals surface area contributed by atoms with Gasteiger partial charge in [0.05, 0.1) is 6.04 Å². The van der Waals surface area contributed by atoms with E-state index >= 15 is 0 Å². The van der Waals surface area contributed by atoms with Crippen molar-refractivity contribution in [2.45, 2.75) is 52.7 Å². The number of ether oxygens (including phenoxy) is 1. The number of hydrogen-bond donors (Lipinski definition) is 1. The Morgan fingerprint density at radius 2 is 2.00 bits per heavy atom. The number of hydrogen-bond acceptors (Lipinski definition) is 3. The van der Waals surface area contributed by atoms with Crippen LogP contribution in [0.3, 0.4) is 0 Å². The van der Waals surface area contributed by atoms with Crippen LogP contribution in [0.5, 0.6) is 0 Å². The Morgan fingerprint density at radius 1 is 1.28 bits per heavy atom. The van der Waals surface area contributed by atoms with Gasteiger partial charge in [0.25, 0.3) is 0 Å². The van der Waals surface area contributed by atoms with E-state index in [4.69, 9.17) is 4.74 Å². The van der Waals surface area contributed by atoms with E-state index in [1.165, 1.54) is 5.56 Å². The molecule has 0 saturated carbocycles. The number of likely N-dealkylation sites (tertiary alicyclic amines) is 1. The number of alkyl carbamates (subject to hydrolysis) is 1. The zero-order valence-corrected chi connectivity index (χ0v) is 15.8. The molecule has 25 heavy (non-hydrogen) atoms. The maximum absolute atomic E-state index is 12.4. The average molecular weight is 344 g/mol. The summed E-state index contributed by atoms with van der Waals surface area (Å²) in [7, 11) is 0. The van der Waals surface area contributed by atoms with Gasteiger partial charge in [0.15, 0.2) is 0 Å². The normalized spacial score (nSPS) is 17.8. The number of carbonyl (C=O) groups excluding carboxylic acids is 2. The van der Waals surface area contributed by atoms with E-state index in [0.717, 1.165) is 17.5 Å². The second-order valence-electron chi connectivity index (χ2n) is 7.61. The van der Waals surface area contributed by atoms with Gasteiger partial charge < -0.3 is 15.0 Å². The molecule has 1 N–H and O–H groups in total. The molecule has 1 atom stereocenters. The summed E-state index contributed by atoms with van der Waals surface area (Å²) in [4.78, 5) is 25.9. The number of nitrogens with zero attached hydrogens (tertiary/aromatic N) is 1. The van der Waals surface area contributed by atoms with Crippen LogP contribution >= 0.6 is 0 Å². The standard InChI is InChI=1S/C20H28N2O3/c1-14-6-7-16(15(2)12-14)8-9-18(23)22-11-10-17(13-22)21-19(24)25-20(3,4)5/h6-9,12,17H,10-11,13H2,1-5H3,(H,21,24)/b9-8+. The predicted octanol–water partition coefficient (Wildman–Crippen LogP) is 3.44. The van der Waals surface area contributed by atoms with Crippen LogP contribution in [-0.2, 0) is 9.53 Å². The van der Waals surface area contributed by atoms with Crippen molar-refractivity contribution in [1.82, 2.24) is 10.2 Å². The number of carbonyl (C=O) groups is 2. The quantitative estimate of drug-likeness (QED) is 0.855. The Morgan fingerprint density at radius 3 is 2.64 bits per heavy atom. The molecule has 5 heteroatoms. The second-order valence-corrected chi connectivity index (χ2v) is 7.61. The molecule has 136 valence electrons. The van der Waals surface area contributed by atoms with Crippen LogP contribution in [0.15, 0.2) is 24.3 Å². The number of amides is 2. The molecule has 1 unspecified atom stereocenters. The number of benzene rings is 1. The van der Waals surface area contributed by atoms with Crippen molar-refractivity contribution in [2.75, 3.05) is 13.1 Å². The van der Waals surface area contributed by atoms with Crippen molar-refractivity contribution >= 4 is 18.1 Å². The molecule has 2 amide bonds. The molecular weight excluding hydrogens is 316 g/mol. The molecule has 1 aromatic rings. The van der Waals surface area contributed by atoms with Gasteiger partial charge in [-0.1, -0.05) is 23.8 Å². The van der Waals surface area contributed by atoms with Gasteiger partial charge in [0.2, 0.25) is 5.91 Å².